The molecule has 1 amide bonds. The van der Waals surface area contributed by atoms with E-state index < -0.39 is 0 Å². The summed E-state index contributed by atoms with van der Waals surface area (Å²) in [6.07, 6.45) is 0. The van der Waals surface area contributed by atoms with Crippen LogP contribution in [0, 0.1) is 0 Å². The molecule has 6 heteroatoms. The lowest BCUT2D eigenvalue weighted by molar-refractivity contribution is 0.0891. The zero-order valence-electron chi connectivity index (χ0n) is 7.60. The van der Waals surface area contributed by atoms with E-state index in [9.17, 15) is 4.79 Å². The highest BCUT2D eigenvalue weighted by molar-refractivity contribution is 7.78. The van der Waals surface area contributed by atoms with Crippen LogP contribution in [0.3, 0.4) is 0 Å². The summed E-state index contributed by atoms with van der Waals surface area (Å²) in [4.78, 5) is 15.6. The van der Waals surface area contributed by atoms with E-state index >= 15 is 0 Å². The standard InChI is InChI=1S/C9H7N3O2S/c10-9-11-6-2-5-4(1-7(6)14-9)3-12(15)8(5)13/h1-2,15H,3H2,(H2,10,11). The maximum atomic E-state index is 11.6. The summed E-state index contributed by atoms with van der Waals surface area (Å²) in [6, 6.07) is 3.58. The number of hydrogen-bond donors (Lipinski definition) is 2. The van der Waals surface area contributed by atoms with Gasteiger partial charge >= 0.3 is 0 Å². The average molecular weight is 221 g/mol. The molecule has 0 saturated carbocycles. The van der Waals surface area contributed by atoms with Crippen molar-refractivity contribution < 1.29 is 9.21 Å². The Labute approximate surface area is 90.4 Å². The summed E-state index contributed by atoms with van der Waals surface area (Å²) >= 11 is 4.05. The Kier molecular flexibility index (Phi) is 1.53. The van der Waals surface area contributed by atoms with Crippen LogP contribution >= 0.6 is 12.8 Å². The first-order valence-electron chi connectivity index (χ1n) is 4.35. The first kappa shape index (κ1) is 8.60. The number of carbonyl (C=O) groups is 1. The Bertz CT molecular complexity index is 578. The Morgan fingerprint density at radius 1 is 1.53 bits per heavy atom. The Morgan fingerprint density at radius 3 is 3.13 bits per heavy atom. The lowest BCUT2D eigenvalue weighted by atomic mass is 10.1. The quantitative estimate of drug-likeness (QED) is 0.656. The van der Waals surface area contributed by atoms with Gasteiger partial charge in [-0.05, 0) is 17.7 Å². The van der Waals surface area contributed by atoms with Gasteiger partial charge in [0.2, 0.25) is 0 Å². The summed E-state index contributed by atoms with van der Waals surface area (Å²) in [5.74, 6) is -0.114. The van der Waals surface area contributed by atoms with Crippen molar-refractivity contribution in [1.29, 1.82) is 0 Å². The molecular weight excluding hydrogens is 214 g/mol. The molecule has 0 fully saturated rings. The highest BCUT2D eigenvalue weighted by Crippen LogP contribution is 2.29. The largest absolute Gasteiger partial charge is 0.424 e. The number of hydrogen-bond acceptors (Lipinski definition) is 5. The third-order valence-electron chi connectivity index (χ3n) is 2.41. The molecule has 2 aromatic rings. The third kappa shape index (κ3) is 1.11. The van der Waals surface area contributed by atoms with E-state index in [1.165, 1.54) is 4.31 Å². The number of amides is 1. The van der Waals surface area contributed by atoms with Crippen molar-refractivity contribution >= 4 is 35.8 Å². The Balaban J connectivity index is 2.30. The van der Waals surface area contributed by atoms with Crippen molar-refractivity contribution in [2.75, 3.05) is 5.73 Å². The fourth-order valence-corrected chi connectivity index (χ4v) is 2.00. The third-order valence-corrected chi connectivity index (χ3v) is 2.74. The maximum absolute atomic E-state index is 11.6. The Morgan fingerprint density at radius 2 is 2.33 bits per heavy atom. The predicted octanol–water partition coefficient (Wildman–Crippen LogP) is 1.21. The first-order valence-corrected chi connectivity index (χ1v) is 4.75. The smallest absolute Gasteiger partial charge is 0.292 e. The van der Waals surface area contributed by atoms with E-state index in [0.717, 1.165) is 5.56 Å². The molecular formula is C9H7N3O2S. The minimum absolute atomic E-state index is 0.114. The molecule has 5 nitrogen and oxygen atoms in total. The lowest BCUT2D eigenvalue weighted by Gasteiger charge is -2.02. The van der Waals surface area contributed by atoms with Gasteiger partial charge in [0.1, 0.15) is 5.52 Å². The second-order valence-electron chi connectivity index (χ2n) is 3.39. The predicted molar refractivity (Wildman–Crippen MR) is 57.3 cm³/mol. The van der Waals surface area contributed by atoms with E-state index in [4.69, 9.17) is 10.2 Å². The normalized spacial score (nSPS) is 15.0. The van der Waals surface area contributed by atoms with Gasteiger partial charge in [0.25, 0.3) is 11.9 Å². The number of carbonyl (C=O) groups excluding carboxylic acids is 1. The molecule has 0 aliphatic carbocycles. The van der Waals surface area contributed by atoms with Gasteiger partial charge in [-0.3, -0.25) is 9.10 Å². The van der Waals surface area contributed by atoms with Crippen LogP contribution in [0.15, 0.2) is 16.5 Å². The molecule has 2 heterocycles. The van der Waals surface area contributed by atoms with Gasteiger partial charge in [0.05, 0.1) is 6.54 Å². The van der Waals surface area contributed by atoms with Crippen LogP contribution in [-0.2, 0) is 6.54 Å². The van der Waals surface area contributed by atoms with Gasteiger partial charge in [-0.2, -0.15) is 4.98 Å². The molecule has 0 bridgehead atoms. The molecule has 0 spiro atoms. The second-order valence-corrected chi connectivity index (χ2v) is 3.87. The summed E-state index contributed by atoms with van der Waals surface area (Å²) in [5, 5.41) is 0. The van der Waals surface area contributed by atoms with Crippen LogP contribution in [0.5, 0.6) is 0 Å². The van der Waals surface area contributed by atoms with Crippen LogP contribution in [-0.4, -0.2) is 15.2 Å². The number of fused-ring (bicyclic) bond motifs is 2. The fraction of sp³-hybridized carbons (Fsp3) is 0.111. The monoisotopic (exact) mass is 221 g/mol. The summed E-state index contributed by atoms with van der Waals surface area (Å²) in [7, 11) is 0. The molecule has 0 saturated heterocycles. The highest BCUT2D eigenvalue weighted by Gasteiger charge is 2.26. The van der Waals surface area contributed by atoms with E-state index in [1.54, 1.807) is 12.1 Å². The fourth-order valence-electron chi connectivity index (χ4n) is 1.74. The minimum Gasteiger partial charge on any atom is -0.424 e. The van der Waals surface area contributed by atoms with Crippen LogP contribution in [0.2, 0.25) is 0 Å². The number of rotatable bonds is 0. The topological polar surface area (TPSA) is 72.4 Å². The SMILES string of the molecule is Nc1nc2cc3c(cc2o1)CN(S)C3=O. The van der Waals surface area contributed by atoms with Crippen LogP contribution in [0.4, 0.5) is 6.01 Å². The van der Waals surface area contributed by atoms with Crippen molar-refractivity contribution in [2.24, 2.45) is 0 Å². The molecule has 3 rings (SSSR count). The number of thiol groups is 1. The number of benzene rings is 1. The summed E-state index contributed by atoms with van der Waals surface area (Å²) in [5.41, 5.74) is 8.13. The first-order chi connectivity index (χ1) is 7.15. The summed E-state index contributed by atoms with van der Waals surface area (Å²) < 4.78 is 6.53. The van der Waals surface area contributed by atoms with Gasteiger partial charge in [0.15, 0.2) is 5.58 Å². The Hall–Kier alpha value is -1.69. The van der Waals surface area contributed by atoms with Crippen LogP contribution < -0.4 is 5.73 Å². The van der Waals surface area contributed by atoms with Crippen molar-refractivity contribution in [3.05, 3.63) is 23.3 Å². The van der Waals surface area contributed by atoms with E-state index in [2.05, 4.69) is 17.8 Å². The molecule has 1 aliphatic rings. The molecule has 1 aromatic heterocycles. The zero-order valence-corrected chi connectivity index (χ0v) is 8.49. The van der Waals surface area contributed by atoms with Gasteiger partial charge in [0, 0.05) is 5.56 Å². The molecule has 0 atom stereocenters. The number of nitrogen functional groups attached to an aromatic ring is 1. The maximum Gasteiger partial charge on any atom is 0.292 e. The van der Waals surface area contributed by atoms with Crippen molar-refractivity contribution in [3.8, 4) is 0 Å². The molecule has 0 unspecified atom stereocenters. The van der Waals surface area contributed by atoms with E-state index in [-0.39, 0.29) is 11.9 Å². The number of nitrogens with zero attached hydrogens (tertiary/aromatic N) is 2. The minimum atomic E-state index is -0.114. The summed E-state index contributed by atoms with van der Waals surface area (Å²) in [6.45, 7) is 0.480. The van der Waals surface area contributed by atoms with Crippen molar-refractivity contribution in [1.82, 2.24) is 9.29 Å². The lowest BCUT2D eigenvalue weighted by Crippen LogP contribution is -2.11. The molecule has 1 aromatic carbocycles. The van der Waals surface area contributed by atoms with E-state index in [1.807, 2.05) is 0 Å². The average Bonchev–Trinajstić information content (AvgIpc) is 2.65. The molecule has 0 radical (unpaired) electrons. The number of anilines is 1. The number of oxazole rings is 1. The highest BCUT2D eigenvalue weighted by atomic mass is 32.1. The second kappa shape index (κ2) is 2.66. The van der Waals surface area contributed by atoms with Crippen LogP contribution in [0.25, 0.3) is 11.1 Å². The molecule has 2 N–H and O–H groups in total. The number of aromatic nitrogens is 1. The van der Waals surface area contributed by atoms with Crippen molar-refractivity contribution in [2.45, 2.75) is 6.54 Å². The van der Waals surface area contributed by atoms with Gasteiger partial charge in [-0.1, -0.05) is 12.8 Å². The number of nitrogens with two attached hydrogens (primary N) is 1. The molecule has 1 aliphatic heterocycles. The van der Waals surface area contributed by atoms with Gasteiger partial charge in [-0.25, -0.2) is 0 Å². The molecule has 15 heavy (non-hydrogen) atoms. The van der Waals surface area contributed by atoms with Gasteiger partial charge in [-0.15, -0.1) is 0 Å². The van der Waals surface area contributed by atoms with Gasteiger partial charge < -0.3 is 10.2 Å². The van der Waals surface area contributed by atoms with Crippen molar-refractivity contribution in [3.63, 3.8) is 0 Å². The zero-order chi connectivity index (χ0) is 10.6. The van der Waals surface area contributed by atoms with Crippen LogP contribution in [0.1, 0.15) is 15.9 Å². The van der Waals surface area contributed by atoms with E-state index in [0.29, 0.717) is 23.2 Å². The molecule has 76 valence electrons.